The molecule has 13 heavy (non-hydrogen) atoms. The molecule has 0 aliphatic carbocycles. The summed E-state index contributed by atoms with van der Waals surface area (Å²) in [4.78, 5) is 11.4. The van der Waals surface area contributed by atoms with E-state index >= 15 is 0 Å². The first-order chi connectivity index (χ1) is 5.90. The number of carboxylic acids is 1. The van der Waals surface area contributed by atoms with Crippen LogP contribution in [0.3, 0.4) is 0 Å². The molecule has 1 rings (SSSR count). The maximum Gasteiger partial charge on any atom is 0.336 e. The smallest absolute Gasteiger partial charge is 0.336 e. The zero-order valence-corrected chi connectivity index (χ0v) is 8.39. The Labute approximate surface area is 80.6 Å². The van der Waals surface area contributed by atoms with Gasteiger partial charge in [0.15, 0.2) is 0 Å². The van der Waals surface area contributed by atoms with Crippen molar-refractivity contribution in [3.63, 3.8) is 0 Å². The second kappa shape index (κ2) is 3.47. The number of hydrogen-bond acceptors (Lipinski definition) is 3. The van der Waals surface area contributed by atoms with Crippen LogP contribution in [0, 0.1) is 0 Å². The van der Waals surface area contributed by atoms with Crippen LogP contribution in [0.15, 0.2) is 11.4 Å². The standard InChI is InChI=1S/C9H12O3S/c1-9(2,12)5-7-6(8(10)11)3-4-13-7/h3-4,12H,5H2,1-2H3,(H,10,11). The first-order valence-electron chi connectivity index (χ1n) is 3.92. The molecule has 0 saturated carbocycles. The molecule has 0 aliphatic rings. The van der Waals surface area contributed by atoms with E-state index < -0.39 is 11.6 Å². The average Bonchev–Trinajstić information content (AvgIpc) is 2.31. The van der Waals surface area contributed by atoms with Crippen molar-refractivity contribution >= 4 is 17.3 Å². The first kappa shape index (κ1) is 10.2. The van der Waals surface area contributed by atoms with Crippen LogP contribution in [0.1, 0.15) is 29.1 Å². The molecule has 0 spiro atoms. The molecule has 0 atom stereocenters. The topological polar surface area (TPSA) is 57.5 Å². The van der Waals surface area contributed by atoms with Crippen molar-refractivity contribution in [2.45, 2.75) is 25.9 Å². The van der Waals surface area contributed by atoms with Gasteiger partial charge in [-0.05, 0) is 25.3 Å². The molecule has 0 radical (unpaired) electrons. The first-order valence-corrected chi connectivity index (χ1v) is 4.80. The van der Waals surface area contributed by atoms with Gasteiger partial charge in [-0.25, -0.2) is 4.79 Å². The van der Waals surface area contributed by atoms with Crippen molar-refractivity contribution < 1.29 is 15.0 Å². The van der Waals surface area contributed by atoms with Crippen LogP contribution in [0.4, 0.5) is 0 Å². The largest absolute Gasteiger partial charge is 0.478 e. The number of aromatic carboxylic acids is 1. The van der Waals surface area contributed by atoms with Crippen molar-refractivity contribution in [1.29, 1.82) is 0 Å². The lowest BCUT2D eigenvalue weighted by atomic mass is 10.0. The predicted octanol–water partition coefficient (Wildman–Crippen LogP) is 1.76. The fraction of sp³-hybridized carbons (Fsp3) is 0.444. The third-order valence-corrected chi connectivity index (χ3v) is 2.49. The minimum absolute atomic E-state index is 0.298. The quantitative estimate of drug-likeness (QED) is 0.781. The zero-order chi connectivity index (χ0) is 10.1. The van der Waals surface area contributed by atoms with Gasteiger partial charge in [-0.3, -0.25) is 0 Å². The summed E-state index contributed by atoms with van der Waals surface area (Å²) in [5.41, 5.74) is -0.554. The molecule has 72 valence electrons. The summed E-state index contributed by atoms with van der Waals surface area (Å²) in [6.45, 7) is 3.33. The highest BCUT2D eigenvalue weighted by Gasteiger charge is 2.19. The lowest BCUT2D eigenvalue weighted by Crippen LogP contribution is -2.22. The highest BCUT2D eigenvalue weighted by atomic mass is 32.1. The number of rotatable bonds is 3. The van der Waals surface area contributed by atoms with Crippen LogP contribution in [0.25, 0.3) is 0 Å². The van der Waals surface area contributed by atoms with E-state index in [1.54, 1.807) is 25.3 Å². The molecular weight excluding hydrogens is 188 g/mol. The molecule has 0 amide bonds. The van der Waals surface area contributed by atoms with Crippen LogP contribution in [-0.2, 0) is 6.42 Å². The molecule has 0 bridgehead atoms. The second-order valence-corrected chi connectivity index (χ2v) is 4.55. The Morgan fingerprint density at radius 2 is 2.23 bits per heavy atom. The molecule has 3 nitrogen and oxygen atoms in total. The minimum Gasteiger partial charge on any atom is -0.478 e. The molecule has 0 saturated heterocycles. The Hall–Kier alpha value is -0.870. The van der Waals surface area contributed by atoms with Crippen LogP contribution in [0.2, 0.25) is 0 Å². The Kier molecular flexibility index (Phi) is 2.73. The van der Waals surface area contributed by atoms with Crippen molar-refractivity contribution in [2.75, 3.05) is 0 Å². The summed E-state index contributed by atoms with van der Waals surface area (Å²) in [7, 11) is 0. The second-order valence-electron chi connectivity index (χ2n) is 3.55. The van der Waals surface area contributed by atoms with Gasteiger partial charge in [0.05, 0.1) is 11.2 Å². The van der Waals surface area contributed by atoms with E-state index in [9.17, 15) is 9.90 Å². The molecule has 4 heteroatoms. The van der Waals surface area contributed by atoms with Gasteiger partial charge in [0.2, 0.25) is 0 Å². The van der Waals surface area contributed by atoms with Crippen molar-refractivity contribution in [2.24, 2.45) is 0 Å². The number of carboxylic acid groups (broad SMARTS) is 1. The van der Waals surface area contributed by atoms with Crippen molar-refractivity contribution in [3.05, 3.63) is 21.9 Å². The molecular formula is C9H12O3S. The van der Waals surface area contributed by atoms with Crippen LogP contribution in [0.5, 0.6) is 0 Å². The summed E-state index contributed by atoms with van der Waals surface area (Å²) in [5.74, 6) is -0.930. The summed E-state index contributed by atoms with van der Waals surface area (Å²) in [5, 5.41) is 20.0. The zero-order valence-electron chi connectivity index (χ0n) is 7.57. The summed E-state index contributed by atoms with van der Waals surface area (Å²) < 4.78 is 0. The van der Waals surface area contributed by atoms with Gasteiger partial charge in [0.25, 0.3) is 0 Å². The fourth-order valence-corrected chi connectivity index (χ4v) is 2.15. The van der Waals surface area contributed by atoms with E-state index in [4.69, 9.17) is 5.11 Å². The van der Waals surface area contributed by atoms with Crippen molar-refractivity contribution in [1.82, 2.24) is 0 Å². The molecule has 1 aromatic heterocycles. The van der Waals surface area contributed by atoms with Gasteiger partial charge in [0, 0.05) is 11.3 Å². The normalized spacial score (nSPS) is 11.6. The Morgan fingerprint density at radius 3 is 2.69 bits per heavy atom. The monoisotopic (exact) mass is 200 g/mol. The predicted molar refractivity (Wildman–Crippen MR) is 51.3 cm³/mol. The van der Waals surface area contributed by atoms with Gasteiger partial charge in [0.1, 0.15) is 0 Å². The van der Waals surface area contributed by atoms with Crippen molar-refractivity contribution in [3.8, 4) is 0 Å². The molecule has 0 fully saturated rings. The SMILES string of the molecule is CC(C)(O)Cc1sccc1C(=O)O. The fourth-order valence-electron chi connectivity index (χ4n) is 1.06. The Bertz CT molecular complexity index is 309. The maximum absolute atomic E-state index is 10.7. The number of hydrogen-bond donors (Lipinski definition) is 2. The highest BCUT2D eigenvalue weighted by molar-refractivity contribution is 7.10. The van der Waals surface area contributed by atoms with E-state index in [1.165, 1.54) is 11.3 Å². The van der Waals surface area contributed by atoms with Gasteiger partial charge >= 0.3 is 5.97 Å². The lowest BCUT2D eigenvalue weighted by Gasteiger charge is -2.15. The summed E-state index contributed by atoms with van der Waals surface area (Å²) in [6.07, 6.45) is 0.381. The minimum atomic E-state index is -0.930. The molecule has 1 heterocycles. The Morgan fingerprint density at radius 1 is 1.62 bits per heavy atom. The van der Waals surface area contributed by atoms with E-state index in [-0.39, 0.29) is 0 Å². The molecule has 0 aromatic carbocycles. The third kappa shape index (κ3) is 2.82. The molecule has 0 aliphatic heterocycles. The van der Waals surface area contributed by atoms with E-state index in [2.05, 4.69) is 0 Å². The molecule has 1 aromatic rings. The highest BCUT2D eigenvalue weighted by Crippen LogP contribution is 2.22. The summed E-state index contributed by atoms with van der Waals surface area (Å²) >= 11 is 1.36. The lowest BCUT2D eigenvalue weighted by molar-refractivity contribution is 0.0688. The van der Waals surface area contributed by atoms with Gasteiger partial charge in [-0.15, -0.1) is 11.3 Å². The summed E-state index contributed by atoms with van der Waals surface area (Å²) in [6, 6.07) is 1.56. The number of carbonyl (C=O) groups is 1. The van der Waals surface area contributed by atoms with Gasteiger partial charge in [-0.2, -0.15) is 0 Å². The number of aliphatic hydroxyl groups is 1. The van der Waals surface area contributed by atoms with Gasteiger partial charge in [-0.1, -0.05) is 0 Å². The molecule has 2 N–H and O–H groups in total. The van der Waals surface area contributed by atoms with Crippen LogP contribution >= 0.6 is 11.3 Å². The van der Waals surface area contributed by atoms with Gasteiger partial charge < -0.3 is 10.2 Å². The third-order valence-electron chi connectivity index (χ3n) is 1.57. The molecule has 0 unspecified atom stereocenters. The maximum atomic E-state index is 10.7. The van der Waals surface area contributed by atoms with E-state index in [0.29, 0.717) is 12.0 Å². The van der Waals surface area contributed by atoms with Crippen LogP contribution in [-0.4, -0.2) is 21.8 Å². The van der Waals surface area contributed by atoms with Crippen LogP contribution < -0.4 is 0 Å². The Balaban J connectivity index is 2.89. The number of thiophene rings is 1. The average molecular weight is 200 g/mol. The van der Waals surface area contributed by atoms with E-state index in [0.717, 1.165) is 4.88 Å². The van der Waals surface area contributed by atoms with E-state index in [1.807, 2.05) is 0 Å².